The molecule has 1 amide bonds. The molecular weight excluding hydrogens is 300 g/mol. The van der Waals surface area contributed by atoms with Gasteiger partial charge < -0.3 is 9.80 Å². The van der Waals surface area contributed by atoms with Gasteiger partial charge in [-0.3, -0.25) is 9.89 Å². The van der Waals surface area contributed by atoms with Gasteiger partial charge in [-0.2, -0.15) is 5.10 Å². The fourth-order valence-electron chi connectivity index (χ4n) is 3.96. The molecule has 126 valence electrons. The number of piperidine rings is 1. The number of fused-ring (bicyclic) bond motifs is 1. The molecule has 0 saturated carbocycles. The van der Waals surface area contributed by atoms with E-state index in [1.165, 1.54) is 11.3 Å². The Kier molecular flexibility index (Phi) is 4.00. The molecule has 1 aromatic heterocycles. The van der Waals surface area contributed by atoms with Crippen LogP contribution in [-0.2, 0) is 6.42 Å². The van der Waals surface area contributed by atoms with Crippen LogP contribution in [0, 0.1) is 12.8 Å². The summed E-state index contributed by atoms with van der Waals surface area (Å²) in [5.74, 6) is 0.789. The molecule has 2 aliphatic rings. The fraction of sp³-hybridized carbons (Fsp3) is 0.474. The van der Waals surface area contributed by atoms with E-state index < -0.39 is 0 Å². The summed E-state index contributed by atoms with van der Waals surface area (Å²) < 4.78 is 0. The summed E-state index contributed by atoms with van der Waals surface area (Å²) in [5.41, 5.74) is 4.45. The molecule has 24 heavy (non-hydrogen) atoms. The van der Waals surface area contributed by atoms with Crippen molar-refractivity contribution in [1.29, 1.82) is 0 Å². The molecule has 1 saturated heterocycles. The van der Waals surface area contributed by atoms with Crippen molar-refractivity contribution in [3.63, 3.8) is 0 Å². The quantitative estimate of drug-likeness (QED) is 0.944. The number of nitrogens with one attached hydrogen (secondary N) is 1. The summed E-state index contributed by atoms with van der Waals surface area (Å²) in [5, 5.41) is 6.81. The van der Waals surface area contributed by atoms with Gasteiger partial charge >= 0.3 is 0 Å². The number of hydrogen-bond acceptors (Lipinski definition) is 3. The van der Waals surface area contributed by atoms with Crippen molar-refractivity contribution in [2.75, 3.05) is 31.1 Å². The zero-order chi connectivity index (χ0) is 16.5. The largest absolute Gasteiger partial charge is 0.371 e. The van der Waals surface area contributed by atoms with Crippen molar-refractivity contribution < 1.29 is 4.79 Å². The summed E-state index contributed by atoms with van der Waals surface area (Å²) in [7, 11) is 0. The average Bonchev–Trinajstić information content (AvgIpc) is 3.22. The molecule has 2 aromatic rings. The monoisotopic (exact) mass is 324 g/mol. The molecule has 0 bridgehead atoms. The van der Waals surface area contributed by atoms with Gasteiger partial charge in [0.05, 0.1) is 11.8 Å². The van der Waals surface area contributed by atoms with E-state index in [2.05, 4.69) is 39.4 Å². The molecule has 1 N–H and O–H groups in total. The number of para-hydroxylation sites is 1. The lowest BCUT2D eigenvalue weighted by Crippen LogP contribution is -2.41. The van der Waals surface area contributed by atoms with Gasteiger partial charge in [0, 0.05) is 37.6 Å². The Morgan fingerprint density at radius 3 is 2.79 bits per heavy atom. The fourth-order valence-corrected chi connectivity index (χ4v) is 3.96. The number of H-pyrrole nitrogens is 1. The van der Waals surface area contributed by atoms with Gasteiger partial charge in [0.2, 0.25) is 0 Å². The van der Waals surface area contributed by atoms with Gasteiger partial charge in [-0.05, 0) is 43.7 Å². The van der Waals surface area contributed by atoms with Crippen LogP contribution in [0.5, 0.6) is 0 Å². The van der Waals surface area contributed by atoms with Crippen molar-refractivity contribution in [1.82, 2.24) is 15.1 Å². The van der Waals surface area contributed by atoms with Gasteiger partial charge in [0.15, 0.2) is 0 Å². The van der Waals surface area contributed by atoms with E-state index in [4.69, 9.17) is 0 Å². The molecule has 0 radical (unpaired) electrons. The van der Waals surface area contributed by atoms with Crippen molar-refractivity contribution in [3.8, 4) is 0 Å². The van der Waals surface area contributed by atoms with Crippen LogP contribution >= 0.6 is 0 Å². The van der Waals surface area contributed by atoms with Gasteiger partial charge in [-0.25, -0.2) is 0 Å². The number of likely N-dealkylation sites (tertiary alicyclic amines) is 1. The molecule has 2 aliphatic heterocycles. The number of aryl methyl sites for hydroxylation is 1. The van der Waals surface area contributed by atoms with Crippen LogP contribution in [0.15, 0.2) is 30.5 Å². The summed E-state index contributed by atoms with van der Waals surface area (Å²) in [6.07, 6.45) is 4.97. The molecule has 0 atom stereocenters. The third-order valence-electron chi connectivity index (χ3n) is 5.42. The molecular formula is C19H24N4O. The van der Waals surface area contributed by atoms with Crippen LogP contribution in [0.1, 0.15) is 34.5 Å². The Hall–Kier alpha value is -2.30. The first-order valence-corrected chi connectivity index (χ1v) is 8.84. The Bertz CT molecular complexity index is 730. The Morgan fingerprint density at radius 2 is 2.04 bits per heavy atom. The average molecular weight is 324 g/mol. The van der Waals surface area contributed by atoms with Crippen molar-refractivity contribution in [3.05, 3.63) is 47.3 Å². The molecule has 3 heterocycles. The first-order valence-electron chi connectivity index (χ1n) is 8.84. The molecule has 0 aliphatic carbocycles. The topological polar surface area (TPSA) is 52.2 Å². The van der Waals surface area contributed by atoms with E-state index in [0.717, 1.165) is 51.1 Å². The summed E-state index contributed by atoms with van der Waals surface area (Å²) in [6.45, 7) is 5.85. The van der Waals surface area contributed by atoms with Crippen molar-refractivity contribution in [2.45, 2.75) is 26.2 Å². The molecule has 0 unspecified atom stereocenters. The van der Waals surface area contributed by atoms with E-state index in [9.17, 15) is 4.79 Å². The number of benzene rings is 1. The second-order valence-electron chi connectivity index (χ2n) is 6.97. The number of hydrogen-bond donors (Lipinski definition) is 1. The highest BCUT2D eigenvalue weighted by Crippen LogP contribution is 2.30. The number of rotatable bonds is 3. The van der Waals surface area contributed by atoms with Crippen molar-refractivity contribution in [2.24, 2.45) is 5.92 Å². The minimum Gasteiger partial charge on any atom is -0.371 e. The second kappa shape index (κ2) is 6.30. The zero-order valence-electron chi connectivity index (χ0n) is 14.2. The summed E-state index contributed by atoms with van der Waals surface area (Å²) >= 11 is 0. The Morgan fingerprint density at radius 1 is 1.25 bits per heavy atom. The van der Waals surface area contributed by atoms with E-state index in [-0.39, 0.29) is 5.91 Å². The van der Waals surface area contributed by atoms with Gasteiger partial charge in [0.25, 0.3) is 5.91 Å². The predicted molar refractivity (Wildman–Crippen MR) is 94.3 cm³/mol. The SMILES string of the molecule is Cc1[nH]ncc1C(=O)N1CCC(CN2CCc3ccccc32)CC1. The molecule has 1 fully saturated rings. The lowest BCUT2D eigenvalue weighted by atomic mass is 9.95. The maximum absolute atomic E-state index is 12.6. The molecule has 5 nitrogen and oxygen atoms in total. The van der Waals surface area contributed by atoms with E-state index in [0.29, 0.717) is 11.5 Å². The Labute approximate surface area is 142 Å². The number of aromatic amines is 1. The lowest BCUT2D eigenvalue weighted by molar-refractivity contribution is 0.0692. The molecule has 5 heteroatoms. The van der Waals surface area contributed by atoms with Crippen LogP contribution in [-0.4, -0.2) is 47.2 Å². The normalized spacial score (nSPS) is 18.0. The highest BCUT2D eigenvalue weighted by atomic mass is 16.2. The smallest absolute Gasteiger partial charge is 0.257 e. The van der Waals surface area contributed by atoms with Gasteiger partial charge in [-0.15, -0.1) is 0 Å². The van der Waals surface area contributed by atoms with E-state index >= 15 is 0 Å². The highest BCUT2D eigenvalue weighted by Gasteiger charge is 2.28. The lowest BCUT2D eigenvalue weighted by Gasteiger charge is -2.34. The summed E-state index contributed by atoms with van der Waals surface area (Å²) in [6, 6.07) is 8.74. The van der Waals surface area contributed by atoms with Crippen LogP contribution in [0.3, 0.4) is 0 Å². The molecule has 0 spiro atoms. The number of nitrogens with zero attached hydrogens (tertiary/aromatic N) is 3. The maximum atomic E-state index is 12.6. The standard InChI is InChI=1S/C19H24N4O/c1-14-17(12-20-21-14)19(24)22-9-6-15(7-10-22)13-23-11-8-16-4-2-3-5-18(16)23/h2-5,12,15H,6-11,13H2,1H3,(H,20,21). The number of amides is 1. The third-order valence-corrected chi connectivity index (χ3v) is 5.42. The molecule has 1 aromatic carbocycles. The van der Waals surface area contributed by atoms with Crippen LogP contribution in [0.4, 0.5) is 5.69 Å². The van der Waals surface area contributed by atoms with Crippen LogP contribution < -0.4 is 4.90 Å². The number of carbonyl (C=O) groups is 1. The van der Waals surface area contributed by atoms with Crippen LogP contribution in [0.2, 0.25) is 0 Å². The van der Waals surface area contributed by atoms with E-state index in [1.54, 1.807) is 6.20 Å². The van der Waals surface area contributed by atoms with Gasteiger partial charge in [-0.1, -0.05) is 18.2 Å². The highest BCUT2D eigenvalue weighted by molar-refractivity contribution is 5.95. The minimum atomic E-state index is 0.117. The molecule has 4 rings (SSSR count). The first kappa shape index (κ1) is 15.2. The Balaban J connectivity index is 1.34. The maximum Gasteiger partial charge on any atom is 0.257 e. The number of anilines is 1. The predicted octanol–water partition coefficient (Wildman–Crippen LogP) is 2.63. The van der Waals surface area contributed by atoms with Gasteiger partial charge in [0.1, 0.15) is 0 Å². The summed E-state index contributed by atoms with van der Waals surface area (Å²) in [4.78, 5) is 17.1. The zero-order valence-corrected chi connectivity index (χ0v) is 14.2. The first-order chi connectivity index (χ1) is 11.7. The van der Waals surface area contributed by atoms with Crippen molar-refractivity contribution >= 4 is 11.6 Å². The second-order valence-corrected chi connectivity index (χ2v) is 6.97. The number of aromatic nitrogens is 2. The third kappa shape index (κ3) is 2.79. The van der Waals surface area contributed by atoms with Crippen LogP contribution in [0.25, 0.3) is 0 Å². The minimum absolute atomic E-state index is 0.117. The van der Waals surface area contributed by atoms with E-state index in [1.807, 2.05) is 11.8 Å². The number of carbonyl (C=O) groups excluding carboxylic acids is 1.